The molecule has 0 radical (unpaired) electrons. The largest absolute Gasteiger partial charge is 0.388 e. The van der Waals surface area contributed by atoms with E-state index in [-0.39, 0.29) is 18.9 Å². The number of aliphatic hydroxyl groups is 1. The molecule has 0 aliphatic carbocycles. The van der Waals surface area contributed by atoms with E-state index in [9.17, 15) is 9.90 Å². The van der Waals surface area contributed by atoms with Gasteiger partial charge in [0.25, 0.3) is 0 Å². The molecule has 0 bridgehead atoms. The van der Waals surface area contributed by atoms with Crippen molar-refractivity contribution in [2.45, 2.75) is 45.6 Å². The maximum absolute atomic E-state index is 11.5. The van der Waals surface area contributed by atoms with Crippen LogP contribution < -0.4 is 5.32 Å². The lowest BCUT2D eigenvalue weighted by atomic mass is 10.0. The molecule has 1 amide bonds. The Kier molecular flexibility index (Phi) is 4.62. The first-order valence-electron chi connectivity index (χ1n) is 5.71. The highest BCUT2D eigenvalue weighted by atomic mass is 16.5. The predicted octanol–water partition coefficient (Wildman–Crippen LogP) is 0.588. The fourth-order valence-corrected chi connectivity index (χ4v) is 1.16. The third-order valence-electron chi connectivity index (χ3n) is 2.56. The molecule has 1 unspecified atom stereocenters. The SMILES string of the molecule is CCC(C)(O)CNC(=O)CCc1nc(C)no1. The Balaban J connectivity index is 2.26. The maximum Gasteiger partial charge on any atom is 0.227 e. The zero-order chi connectivity index (χ0) is 12.9. The van der Waals surface area contributed by atoms with Gasteiger partial charge in [0.15, 0.2) is 5.82 Å². The number of aryl methyl sites for hydroxylation is 2. The van der Waals surface area contributed by atoms with Gasteiger partial charge >= 0.3 is 0 Å². The van der Waals surface area contributed by atoms with E-state index in [1.165, 1.54) is 0 Å². The van der Waals surface area contributed by atoms with Crippen molar-refractivity contribution in [3.05, 3.63) is 11.7 Å². The minimum atomic E-state index is -0.850. The van der Waals surface area contributed by atoms with E-state index >= 15 is 0 Å². The maximum atomic E-state index is 11.5. The van der Waals surface area contributed by atoms with Gasteiger partial charge in [-0.15, -0.1) is 0 Å². The molecule has 0 aromatic carbocycles. The molecule has 0 aliphatic heterocycles. The van der Waals surface area contributed by atoms with Crippen LogP contribution in [0.15, 0.2) is 4.52 Å². The predicted molar refractivity (Wildman–Crippen MR) is 61.3 cm³/mol. The fraction of sp³-hybridized carbons (Fsp3) is 0.727. The topological polar surface area (TPSA) is 88.2 Å². The van der Waals surface area contributed by atoms with Gasteiger partial charge in [0.1, 0.15) is 0 Å². The summed E-state index contributed by atoms with van der Waals surface area (Å²) in [5.74, 6) is 0.892. The molecule has 1 rings (SSSR count). The molecule has 1 heterocycles. The molecule has 0 fully saturated rings. The molecule has 17 heavy (non-hydrogen) atoms. The average Bonchev–Trinajstić information content (AvgIpc) is 2.70. The fourth-order valence-electron chi connectivity index (χ4n) is 1.16. The van der Waals surface area contributed by atoms with Crippen LogP contribution in [0.1, 0.15) is 38.4 Å². The van der Waals surface area contributed by atoms with E-state index in [2.05, 4.69) is 15.5 Å². The number of carbonyl (C=O) groups excluding carboxylic acids is 1. The number of rotatable bonds is 6. The summed E-state index contributed by atoms with van der Waals surface area (Å²) < 4.78 is 4.89. The normalized spacial score (nSPS) is 14.4. The first-order valence-corrected chi connectivity index (χ1v) is 5.71. The monoisotopic (exact) mass is 241 g/mol. The number of nitrogens with zero attached hydrogens (tertiary/aromatic N) is 2. The molecule has 0 spiro atoms. The number of hydrogen-bond donors (Lipinski definition) is 2. The van der Waals surface area contributed by atoms with Crippen LogP contribution in [0.25, 0.3) is 0 Å². The van der Waals surface area contributed by atoms with Crippen molar-refractivity contribution in [2.24, 2.45) is 0 Å². The van der Waals surface area contributed by atoms with E-state index in [0.29, 0.717) is 24.6 Å². The van der Waals surface area contributed by atoms with Crippen molar-refractivity contribution in [1.82, 2.24) is 15.5 Å². The van der Waals surface area contributed by atoms with Crippen molar-refractivity contribution in [3.63, 3.8) is 0 Å². The van der Waals surface area contributed by atoms with Crippen molar-refractivity contribution in [1.29, 1.82) is 0 Å². The standard InChI is InChI=1S/C11H19N3O3/c1-4-11(3,16)7-12-9(15)5-6-10-13-8(2)14-17-10/h16H,4-7H2,1-3H3,(H,12,15). The minimum Gasteiger partial charge on any atom is -0.388 e. The second-order valence-corrected chi connectivity index (χ2v) is 4.36. The van der Waals surface area contributed by atoms with Crippen LogP contribution in [0.2, 0.25) is 0 Å². The highest BCUT2D eigenvalue weighted by molar-refractivity contribution is 5.76. The van der Waals surface area contributed by atoms with E-state index < -0.39 is 5.60 Å². The average molecular weight is 241 g/mol. The summed E-state index contributed by atoms with van der Waals surface area (Å²) in [5, 5.41) is 16.0. The Bertz CT molecular complexity index is 374. The van der Waals surface area contributed by atoms with Crippen LogP contribution in [0.5, 0.6) is 0 Å². The first-order chi connectivity index (χ1) is 7.93. The molecule has 96 valence electrons. The van der Waals surface area contributed by atoms with E-state index in [4.69, 9.17) is 4.52 Å². The Labute approximate surface area is 100 Å². The van der Waals surface area contributed by atoms with Crippen LogP contribution >= 0.6 is 0 Å². The van der Waals surface area contributed by atoms with Crippen molar-refractivity contribution < 1.29 is 14.4 Å². The smallest absolute Gasteiger partial charge is 0.227 e. The van der Waals surface area contributed by atoms with Crippen LogP contribution in [-0.4, -0.2) is 33.3 Å². The van der Waals surface area contributed by atoms with Gasteiger partial charge in [0.2, 0.25) is 11.8 Å². The zero-order valence-corrected chi connectivity index (χ0v) is 10.5. The second-order valence-electron chi connectivity index (χ2n) is 4.36. The molecule has 1 atom stereocenters. The van der Waals surface area contributed by atoms with Crippen LogP contribution in [0, 0.1) is 6.92 Å². The molecule has 6 heteroatoms. The number of aromatic nitrogens is 2. The van der Waals surface area contributed by atoms with Crippen LogP contribution in [0.3, 0.4) is 0 Å². The summed E-state index contributed by atoms with van der Waals surface area (Å²) in [6.45, 7) is 5.54. The van der Waals surface area contributed by atoms with Gasteiger partial charge in [-0.3, -0.25) is 4.79 Å². The van der Waals surface area contributed by atoms with Crippen molar-refractivity contribution in [3.8, 4) is 0 Å². The summed E-state index contributed by atoms with van der Waals surface area (Å²) in [6, 6.07) is 0. The molecule has 0 saturated carbocycles. The van der Waals surface area contributed by atoms with Gasteiger partial charge < -0.3 is 14.9 Å². The van der Waals surface area contributed by atoms with Crippen LogP contribution in [-0.2, 0) is 11.2 Å². The number of nitrogens with one attached hydrogen (secondary N) is 1. The number of carbonyl (C=O) groups is 1. The highest BCUT2D eigenvalue weighted by Crippen LogP contribution is 2.06. The zero-order valence-electron chi connectivity index (χ0n) is 10.5. The highest BCUT2D eigenvalue weighted by Gasteiger charge is 2.18. The first kappa shape index (κ1) is 13.6. The van der Waals surface area contributed by atoms with E-state index in [1.54, 1.807) is 13.8 Å². The van der Waals surface area contributed by atoms with Gasteiger partial charge in [-0.05, 0) is 20.3 Å². The lowest BCUT2D eigenvalue weighted by Crippen LogP contribution is -2.40. The molecule has 6 nitrogen and oxygen atoms in total. The van der Waals surface area contributed by atoms with E-state index in [1.807, 2.05) is 6.92 Å². The Morgan fingerprint density at radius 2 is 2.29 bits per heavy atom. The molecule has 0 saturated heterocycles. The lowest BCUT2D eigenvalue weighted by Gasteiger charge is -2.21. The lowest BCUT2D eigenvalue weighted by molar-refractivity contribution is -0.122. The second kappa shape index (κ2) is 5.77. The van der Waals surface area contributed by atoms with Gasteiger partial charge in [0.05, 0.1) is 5.60 Å². The van der Waals surface area contributed by atoms with Gasteiger partial charge in [-0.25, -0.2) is 0 Å². The summed E-state index contributed by atoms with van der Waals surface area (Å²) >= 11 is 0. The quantitative estimate of drug-likeness (QED) is 0.761. The Hall–Kier alpha value is -1.43. The summed E-state index contributed by atoms with van der Waals surface area (Å²) in [7, 11) is 0. The summed E-state index contributed by atoms with van der Waals surface area (Å²) in [5.41, 5.74) is -0.850. The summed E-state index contributed by atoms with van der Waals surface area (Å²) in [6.07, 6.45) is 1.29. The molecular weight excluding hydrogens is 222 g/mol. The number of hydrogen-bond acceptors (Lipinski definition) is 5. The Morgan fingerprint density at radius 3 is 2.82 bits per heavy atom. The van der Waals surface area contributed by atoms with Crippen LogP contribution in [0.4, 0.5) is 0 Å². The van der Waals surface area contributed by atoms with E-state index in [0.717, 1.165) is 0 Å². The molecule has 1 aromatic heterocycles. The van der Waals surface area contributed by atoms with Crippen molar-refractivity contribution >= 4 is 5.91 Å². The summed E-state index contributed by atoms with van der Waals surface area (Å²) in [4.78, 5) is 15.5. The van der Waals surface area contributed by atoms with Crippen molar-refractivity contribution in [2.75, 3.05) is 6.54 Å². The van der Waals surface area contributed by atoms with Gasteiger partial charge in [0, 0.05) is 19.4 Å². The molecule has 1 aromatic rings. The van der Waals surface area contributed by atoms with Gasteiger partial charge in [-0.1, -0.05) is 12.1 Å². The minimum absolute atomic E-state index is 0.130. The third-order valence-corrected chi connectivity index (χ3v) is 2.56. The third kappa shape index (κ3) is 4.95. The number of amides is 1. The van der Waals surface area contributed by atoms with Gasteiger partial charge in [-0.2, -0.15) is 4.98 Å². The molecule has 0 aliphatic rings. The molecule has 2 N–H and O–H groups in total. The molecular formula is C11H19N3O3. The Morgan fingerprint density at radius 1 is 1.59 bits per heavy atom.